The SMILES string of the molecule is Cc1cc(F)cc(C(=O)N(CCBr)C(C)C)c1. The number of carbonyl (C=O) groups excluding carboxylic acids is 1. The summed E-state index contributed by atoms with van der Waals surface area (Å²) in [7, 11) is 0. The molecule has 0 bridgehead atoms. The summed E-state index contributed by atoms with van der Waals surface area (Å²) in [6.45, 7) is 6.30. The van der Waals surface area contributed by atoms with E-state index in [0.29, 0.717) is 17.4 Å². The van der Waals surface area contributed by atoms with Gasteiger partial charge >= 0.3 is 0 Å². The van der Waals surface area contributed by atoms with Gasteiger partial charge in [-0.15, -0.1) is 0 Å². The number of benzene rings is 1. The Morgan fingerprint density at radius 3 is 2.53 bits per heavy atom. The van der Waals surface area contributed by atoms with Crippen molar-refractivity contribution >= 4 is 21.8 Å². The van der Waals surface area contributed by atoms with Crippen LogP contribution in [0, 0.1) is 12.7 Å². The van der Waals surface area contributed by atoms with Crippen molar-refractivity contribution in [1.82, 2.24) is 4.90 Å². The fraction of sp³-hybridized carbons (Fsp3) is 0.462. The van der Waals surface area contributed by atoms with Crippen LogP contribution in [-0.4, -0.2) is 28.7 Å². The molecule has 0 aliphatic heterocycles. The Hall–Kier alpha value is -0.900. The molecule has 0 fully saturated rings. The second kappa shape index (κ2) is 6.15. The van der Waals surface area contributed by atoms with Crippen LogP contribution in [0.1, 0.15) is 29.8 Å². The van der Waals surface area contributed by atoms with Crippen molar-refractivity contribution in [1.29, 1.82) is 0 Å². The van der Waals surface area contributed by atoms with Crippen molar-refractivity contribution in [2.45, 2.75) is 26.8 Å². The van der Waals surface area contributed by atoms with Gasteiger partial charge in [0, 0.05) is 23.5 Å². The van der Waals surface area contributed by atoms with E-state index in [4.69, 9.17) is 0 Å². The zero-order chi connectivity index (χ0) is 13.0. The van der Waals surface area contributed by atoms with Gasteiger partial charge in [0.1, 0.15) is 5.82 Å². The lowest BCUT2D eigenvalue weighted by atomic mass is 10.1. The van der Waals surface area contributed by atoms with Crippen molar-refractivity contribution in [3.63, 3.8) is 0 Å². The number of hydrogen-bond acceptors (Lipinski definition) is 1. The summed E-state index contributed by atoms with van der Waals surface area (Å²) in [5.41, 5.74) is 1.17. The first-order valence-electron chi connectivity index (χ1n) is 5.60. The molecule has 17 heavy (non-hydrogen) atoms. The van der Waals surface area contributed by atoms with E-state index < -0.39 is 0 Å². The molecule has 1 amide bonds. The molecule has 0 heterocycles. The van der Waals surface area contributed by atoms with Crippen molar-refractivity contribution in [3.05, 3.63) is 35.1 Å². The monoisotopic (exact) mass is 301 g/mol. The first-order valence-corrected chi connectivity index (χ1v) is 6.72. The maximum atomic E-state index is 13.3. The van der Waals surface area contributed by atoms with Crippen LogP contribution in [0.4, 0.5) is 4.39 Å². The van der Waals surface area contributed by atoms with E-state index in [1.54, 1.807) is 17.9 Å². The second-order valence-electron chi connectivity index (χ2n) is 4.30. The first kappa shape index (κ1) is 14.2. The standard InChI is InChI=1S/C13H17BrFNO/c1-9(2)16(5-4-14)13(17)11-6-10(3)7-12(15)8-11/h6-9H,4-5H2,1-3H3. The van der Waals surface area contributed by atoms with E-state index in [9.17, 15) is 9.18 Å². The molecule has 0 aromatic heterocycles. The minimum atomic E-state index is -0.365. The Bertz CT molecular complexity index is 386. The molecule has 1 aromatic carbocycles. The molecule has 94 valence electrons. The Kier molecular flexibility index (Phi) is 5.12. The van der Waals surface area contributed by atoms with Gasteiger partial charge in [-0.2, -0.15) is 0 Å². The average Bonchev–Trinajstić information content (AvgIpc) is 2.23. The van der Waals surface area contributed by atoms with Gasteiger partial charge in [0.15, 0.2) is 0 Å². The molecule has 4 heteroatoms. The van der Waals surface area contributed by atoms with E-state index in [2.05, 4.69) is 15.9 Å². The fourth-order valence-corrected chi connectivity index (χ4v) is 2.09. The summed E-state index contributed by atoms with van der Waals surface area (Å²) >= 11 is 3.32. The number of halogens is 2. The third kappa shape index (κ3) is 3.80. The lowest BCUT2D eigenvalue weighted by Gasteiger charge is -2.26. The molecule has 1 rings (SSSR count). The molecular formula is C13H17BrFNO. The van der Waals surface area contributed by atoms with Crippen molar-refractivity contribution in [2.24, 2.45) is 0 Å². The van der Waals surface area contributed by atoms with Gasteiger partial charge in [-0.25, -0.2) is 4.39 Å². The predicted molar refractivity (Wildman–Crippen MR) is 71.1 cm³/mol. The Morgan fingerprint density at radius 1 is 1.41 bits per heavy atom. The molecule has 0 radical (unpaired) electrons. The highest BCUT2D eigenvalue weighted by atomic mass is 79.9. The smallest absolute Gasteiger partial charge is 0.254 e. The van der Waals surface area contributed by atoms with Crippen LogP contribution in [0.2, 0.25) is 0 Å². The lowest BCUT2D eigenvalue weighted by molar-refractivity contribution is 0.0719. The highest BCUT2D eigenvalue weighted by Crippen LogP contribution is 2.13. The van der Waals surface area contributed by atoms with Crippen LogP contribution in [0.25, 0.3) is 0 Å². The third-order valence-electron chi connectivity index (χ3n) is 2.50. The Balaban J connectivity index is 3.00. The van der Waals surface area contributed by atoms with Crippen molar-refractivity contribution in [2.75, 3.05) is 11.9 Å². The maximum Gasteiger partial charge on any atom is 0.254 e. The van der Waals surface area contributed by atoms with E-state index >= 15 is 0 Å². The first-order chi connectivity index (χ1) is 7.95. The van der Waals surface area contributed by atoms with Gasteiger partial charge in [0.2, 0.25) is 0 Å². The molecule has 0 aliphatic rings. The van der Waals surface area contributed by atoms with Crippen molar-refractivity contribution in [3.8, 4) is 0 Å². The van der Waals surface area contributed by atoms with E-state index in [1.807, 2.05) is 13.8 Å². The summed E-state index contributed by atoms with van der Waals surface area (Å²) in [5.74, 6) is -0.488. The zero-order valence-corrected chi connectivity index (χ0v) is 11.9. The van der Waals surface area contributed by atoms with Gasteiger partial charge in [-0.05, 0) is 44.5 Å². The van der Waals surface area contributed by atoms with E-state index in [-0.39, 0.29) is 17.8 Å². The molecule has 0 N–H and O–H groups in total. The summed E-state index contributed by atoms with van der Waals surface area (Å²) in [4.78, 5) is 13.9. The van der Waals surface area contributed by atoms with E-state index in [1.165, 1.54) is 12.1 Å². The van der Waals surface area contributed by atoms with Gasteiger partial charge < -0.3 is 4.90 Å². The summed E-state index contributed by atoms with van der Waals surface area (Å²) in [6.07, 6.45) is 0. The summed E-state index contributed by atoms with van der Waals surface area (Å²) < 4.78 is 13.3. The summed E-state index contributed by atoms with van der Waals surface area (Å²) in [6, 6.07) is 4.53. The number of carbonyl (C=O) groups is 1. The van der Waals surface area contributed by atoms with Crippen LogP contribution in [0.3, 0.4) is 0 Å². The highest BCUT2D eigenvalue weighted by molar-refractivity contribution is 9.09. The number of aryl methyl sites for hydroxylation is 1. The molecule has 0 aliphatic carbocycles. The van der Waals surface area contributed by atoms with Crippen LogP contribution in [0.15, 0.2) is 18.2 Å². The number of rotatable bonds is 4. The number of amides is 1. The average molecular weight is 302 g/mol. The topological polar surface area (TPSA) is 20.3 Å². The van der Waals surface area contributed by atoms with E-state index in [0.717, 1.165) is 5.56 Å². The summed E-state index contributed by atoms with van der Waals surface area (Å²) in [5, 5.41) is 0.714. The zero-order valence-electron chi connectivity index (χ0n) is 10.3. The number of nitrogens with zero attached hydrogens (tertiary/aromatic N) is 1. The number of alkyl halides is 1. The molecule has 0 saturated carbocycles. The molecule has 0 atom stereocenters. The van der Waals surface area contributed by atoms with Gasteiger partial charge in [-0.1, -0.05) is 15.9 Å². The third-order valence-corrected chi connectivity index (χ3v) is 2.85. The highest BCUT2D eigenvalue weighted by Gasteiger charge is 2.18. The minimum absolute atomic E-state index is 0.101. The minimum Gasteiger partial charge on any atom is -0.335 e. The van der Waals surface area contributed by atoms with Crippen LogP contribution >= 0.6 is 15.9 Å². The van der Waals surface area contributed by atoms with Gasteiger partial charge in [-0.3, -0.25) is 4.79 Å². The predicted octanol–water partition coefficient (Wildman–Crippen LogP) is 3.38. The van der Waals surface area contributed by atoms with Crippen molar-refractivity contribution < 1.29 is 9.18 Å². The normalized spacial score (nSPS) is 10.7. The maximum absolute atomic E-state index is 13.3. The van der Waals surface area contributed by atoms with Crippen LogP contribution < -0.4 is 0 Å². The van der Waals surface area contributed by atoms with Crippen LogP contribution in [0.5, 0.6) is 0 Å². The lowest BCUT2D eigenvalue weighted by Crippen LogP contribution is -2.38. The fourth-order valence-electron chi connectivity index (χ4n) is 1.71. The van der Waals surface area contributed by atoms with Crippen LogP contribution in [-0.2, 0) is 0 Å². The molecule has 2 nitrogen and oxygen atoms in total. The largest absolute Gasteiger partial charge is 0.335 e. The Labute approximate surface area is 110 Å². The Morgan fingerprint density at radius 2 is 2.06 bits per heavy atom. The number of hydrogen-bond donors (Lipinski definition) is 0. The molecule has 0 saturated heterocycles. The quantitative estimate of drug-likeness (QED) is 0.781. The molecular weight excluding hydrogens is 285 g/mol. The molecule has 1 aromatic rings. The second-order valence-corrected chi connectivity index (χ2v) is 5.09. The molecule has 0 spiro atoms. The van der Waals surface area contributed by atoms with Gasteiger partial charge in [0.05, 0.1) is 0 Å². The molecule has 0 unspecified atom stereocenters. The van der Waals surface area contributed by atoms with Gasteiger partial charge in [0.25, 0.3) is 5.91 Å².